The van der Waals surface area contributed by atoms with Gasteiger partial charge in [-0.1, -0.05) is 20.3 Å². The summed E-state index contributed by atoms with van der Waals surface area (Å²) in [6.45, 7) is 7.50. The van der Waals surface area contributed by atoms with Crippen LogP contribution in [-0.4, -0.2) is 35.3 Å². The summed E-state index contributed by atoms with van der Waals surface area (Å²) in [6.07, 6.45) is 2.53. The standard InChI is InChI=1S/C10H23NOS/c1-4-6-7-13-9-10(3,8-12)11-5-2/h11-12H,4-9H2,1-3H3. The van der Waals surface area contributed by atoms with Gasteiger partial charge in [-0.25, -0.2) is 0 Å². The summed E-state index contributed by atoms with van der Waals surface area (Å²) in [4.78, 5) is 0. The minimum Gasteiger partial charge on any atom is -0.394 e. The van der Waals surface area contributed by atoms with Gasteiger partial charge in [0.15, 0.2) is 0 Å². The molecule has 0 aliphatic heterocycles. The maximum absolute atomic E-state index is 9.20. The van der Waals surface area contributed by atoms with Crippen LogP contribution >= 0.6 is 11.8 Å². The van der Waals surface area contributed by atoms with Gasteiger partial charge >= 0.3 is 0 Å². The maximum atomic E-state index is 9.20. The molecule has 0 aromatic carbocycles. The van der Waals surface area contributed by atoms with Crippen molar-refractivity contribution in [3.8, 4) is 0 Å². The Labute approximate surface area is 86.5 Å². The van der Waals surface area contributed by atoms with Crippen molar-refractivity contribution in [2.45, 2.75) is 39.2 Å². The lowest BCUT2D eigenvalue weighted by Gasteiger charge is -2.27. The molecule has 0 spiro atoms. The molecule has 0 amide bonds. The number of aliphatic hydroxyl groups excluding tert-OH is 1. The number of thioether (sulfide) groups is 1. The van der Waals surface area contributed by atoms with Crippen LogP contribution in [0.4, 0.5) is 0 Å². The van der Waals surface area contributed by atoms with E-state index < -0.39 is 0 Å². The Morgan fingerprint density at radius 2 is 2.08 bits per heavy atom. The number of hydrogen-bond donors (Lipinski definition) is 2. The van der Waals surface area contributed by atoms with Crippen LogP contribution in [0.2, 0.25) is 0 Å². The van der Waals surface area contributed by atoms with E-state index in [1.54, 1.807) is 0 Å². The van der Waals surface area contributed by atoms with Gasteiger partial charge in [0.2, 0.25) is 0 Å². The van der Waals surface area contributed by atoms with Crippen LogP contribution in [0, 0.1) is 0 Å². The molecular weight excluding hydrogens is 182 g/mol. The van der Waals surface area contributed by atoms with Crippen LogP contribution in [0.3, 0.4) is 0 Å². The number of unbranched alkanes of at least 4 members (excludes halogenated alkanes) is 1. The van der Waals surface area contributed by atoms with Crippen molar-refractivity contribution in [3.63, 3.8) is 0 Å². The SMILES string of the molecule is CCCCSCC(C)(CO)NCC. The van der Waals surface area contributed by atoms with Gasteiger partial charge in [-0.3, -0.25) is 0 Å². The third kappa shape index (κ3) is 6.36. The maximum Gasteiger partial charge on any atom is 0.0618 e. The minimum atomic E-state index is -0.0901. The fourth-order valence-corrected chi connectivity index (χ4v) is 2.40. The first-order valence-electron chi connectivity index (χ1n) is 5.12. The Bertz CT molecular complexity index is 121. The van der Waals surface area contributed by atoms with Gasteiger partial charge in [-0.15, -0.1) is 0 Å². The van der Waals surface area contributed by atoms with E-state index in [2.05, 4.69) is 26.1 Å². The van der Waals surface area contributed by atoms with Gasteiger partial charge in [0.25, 0.3) is 0 Å². The highest BCUT2D eigenvalue weighted by Gasteiger charge is 2.20. The van der Waals surface area contributed by atoms with E-state index >= 15 is 0 Å². The Morgan fingerprint density at radius 1 is 1.38 bits per heavy atom. The summed E-state index contributed by atoms with van der Waals surface area (Å²) < 4.78 is 0. The molecular formula is C10H23NOS. The van der Waals surface area contributed by atoms with Gasteiger partial charge in [0, 0.05) is 11.3 Å². The lowest BCUT2D eigenvalue weighted by molar-refractivity contribution is 0.194. The van der Waals surface area contributed by atoms with Gasteiger partial charge < -0.3 is 10.4 Å². The minimum absolute atomic E-state index is 0.0901. The first-order chi connectivity index (χ1) is 6.18. The number of nitrogens with one attached hydrogen (secondary N) is 1. The van der Waals surface area contributed by atoms with Crippen LogP contribution in [-0.2, 0) is 0 Å². The van der Waals surface area contributed by atoms with E-state index in [-0.39, 0.29) is 12.1 Å². The summed E-state index contributed by atoms with van der Waals surface area (Å²) in [7, 11) is 0. The molecule has 0 rings (SSSR count). The van der Waals surface area contributed by atoms with E-state index in [1.807, 2.05) is 11.8 Å². The van der Waals surface area contributed by atoms with E-state index in [0.29, 0.717) is 0 Å². The molecule has 0 heterocycles. The van der Waals surface area contributed by atoms with Crippen molar-refractivity contribution in [2.24, 2.45) is 0 Å². The summed E-state index contributed by atoms with van der Waals surface area (Å²) in [5.41, 5.74) is -0.0901. The fourth-order valence-electron chi connectivity index (χ4n) is 1.12. The molecule has 0 aliphatic rings. The molecule has 80 valence electrons. The molecule has 2 N–H and O–H groups in total. The highest BCUT2D eigenvalue weighted by molar-refractivity contribution is 7.99. The average Bonchev–Trinajstić information content (AvgIpc) is 2.13. The van der Waals surface area contributed by atoms with Crippen LogP contribution in [0.5, 0.6) is 0 Å². The van der Waals surface area contributed by atoms with Gasteiger partial charge in [-0.05, 0) is 25.6 Å². The van der Waals surface area contributed by atoms with Crippen LogP contribution in [0.1, 0.15) is 33.6 Å². The van der Waals surface area contributed by atoms with Crippen molar-refractivity contribution in [3.05, 3.63) is 0 Å². The molecule has 3 heteroatoms. The van der Waals surface area contributed by atoms with Crippen LogP contribution < -0.4 is 5.32 Å². The third-order valence-electron chi connectivity index (χ3n) is 2.02. The molecule has 1 unspecified atom stereocenters. The van der Waals surface area contributed by atoms with Crippen LogP contribution in [0.15, 0.2) is 0 Å². The number of aliphatic hydroxyl groups is 1. The quantitative estimate of drug-likeness (QED) is 0.593. The molecule has 13 heavy (non-hydrogen) atoms. The predicted molar refractivity (Wildman–Crippen MR) is 61.4 cm³/mol. The topological polar surface area (TPSA) is 32.3 Å². The molecule has 0 saturated heterocycles. The monoisotopic (exact) mass is 205 g/mol. The molecule has 0 saturated carbocycles. The van der Waals surface area contributed by atoms with E-state index in [0.717, 1.165) is 12.3 Å². The molecule has 0 radical (unpaired) electrons. The smallest absolute Gasteiger partial charge is 0.0618 e. The second-order valence-corrected chi connectivity index (χ2v) is 4.76. The predicted octanol–water partition coefficient (Wildman–Crippen LogP) is 1.88. The number of likely N-dealkylation sites (N-methyl/N-ethyl adjacent to an activating group) is 1. The summed E-state index contributed by atoms with van der Waals surface area (Å²) in [6, 6.07) is 0. The second-order valence-electron chi connectivity index (χ2n) is 3.66. The normalized spacial score (nSPS) is 15.7. The van der Waals surface area contributed by atoms with Gasteiger partial charge in [0.1, 0.15) is 0 Å². The largest absolute Gasteiger partial charge is 0.394 e. The van der Waals surface area contributed by atoms with Gasteiger partial charge in [-0.2, -0.15) is 11.8 Å². The molecule has 0 aliphatic carbocycles. The summed E-state index contributed by atoms with van der Waals surface area (Å²) in [5.74, 6) is 2.20. The highest BCUT2D eigenvalue weighted by Crippen LogP contribution is 2.14. The molecule has 0 fully saturated rings. The fraction of sp³-hybridized carbons (Fsp3) is 1.00. The zero-order chi connectivity index (χ0) is 10.2. The first kappa shape index (κ1) is 13.3. The molecule has 0 aromatic heterocycles. The van der Waals surface area contributed by atoms with Gasteiger partial charge in [0.05, 0.1) is 6.61 Å². The zero-order valence-corrected chi connectivity index (χ0v) is 9.91. The van der Waals surface area contributed by atoms with Crippen molar-refractivity contribution in [1.29, 1.82) is 0 Å². The third-order valence-corrected chi connectivity index (χ3v) is 3.43. The Morgan fingerprint density at radius 3 is 2.54 bits per heavy atom. The molecule has 1 atom stereocenters. The molecule has 0 bridgehead atoms. The van der Waals surface area contributed by atoms with E-state index in [9.17, 15) is 5.11 Å². The lowest BCUT2D eigenvalue weighted by Crippen LogP contribution is -2.47. The number of rotatable bonds is 8. The first-order valence-corrected chi connectivity index (χ1v) is 6.27. The number of hydrogen-bond acceptors (Lipinski definition) is 3. The Balaban J connectivity index is 3.57. The Hall–Kier alpha value is 0.270. The zero-order valence-electron chi connectivity index (χ0n) is 9.10. The van der Waals surface area contributed by atoms with E-state index in [4.69, 9.17) is 0 Å². The summed E-state index contributed by atoms with van der Waals surface area (Å²) >= 11 is 1.93. The van der Waals surface area contributed by atoms with Crippen molar-refractivity contribution in [2.75, 3.05) is 24.7 Å². The molecule has 0 aromatic rings. The second kappa shape index (κ2) is 7.65. The van der Waals surface area contributed by atoms with Crippen molar-refractivity contribution < 1.29 is 5.11 Å². The lowest BCUT2D eigenvalue weighted by atomic mass is 10.1. The summed E-state index contributed by atoms with van der Waals surface area (Å²) in [5, 5.41) is 12.5. The Kier molecular flexibility index (Phi) is 7.81. The van der Waals surface area contributed by atoms with Crippen molar-refractivity contribution in [1.82, 2.24) is 5.32 Å². The van der Waals surface area contributed by atoms with Crippen LogP contribution in [0.25, 0.3) is 0 Å². The van der Waals surface area contributed by atoms with E-state index in [1.165, 1.54) is 18.6 Å². The average molecular weight is 205 g/mol. The highest BCUT2D eigenvalue weighted by atomic mass is 32.2. The van der Waals surface area contributed by atoms with Crippen molar-refractivity contribution >= 4 is 11.8 Å². The molecule has 2 nitrogen and oxygen atoms in total.